The Labute approximate surface area is 110 Å². The van der Waals surface area contributed by atoms with Crippen LogP contribution in [0.3, 0.4) is 0 Å². The molecule has 2 rings (SSSR count). The summed E-state index contributed by atoms with van der Waals surface area (Å²) in [5.41, 5.74) is 6.38. The predicted octanol–water partition coefficient (Wildman–Crippen LogP) is 2.47. The molecule has 2 aromatic rings. The van der Waals surface area contributed by atoms with Crippen molar-refractivity contribution in [3.63, 3.8) is 0 Å². The Balaban J connectivity index is 2.31. The number of halogens is 1. The summed E-state index contributed by atoms with van der Waals surface area (Å²) < 4.78 is 13.1. The lowest BCUT2D eigenvalue weighted by molar-refractivity contribution is 0.0987. The summed E-state index contributed by atoms with van der Waals surface area (Å²) >= 11 is 0. The third kappa shape index (κ3) is 2.88. The SMILES string of the molecule is CCN(C(=O)c1cccc(F)c1)c1ccc(N)cn1. The highest BCUT2D eigenvalue weighted by molar-refractivity contribution is 6.05. The lowest BCUT2D eigenvalue weighted by Crippen LogP contribution is -2.31. The summed E-state index contributed by atoms with van der Waals surface area (Å²) in [6.45, 7) is 2.27. The van der Waals surface area contributed by atoms with Gasteiger partial charge in [0.05, 0.1) is 11.9 Å². The lowest BCUT2D eigenvalue weighted by atomic mass is 10.2. The number of carbonyl (C=O) groups is 1. The third-order valence-corrected chi connectivity index (χ3v) is 2.68. The number of aromatic nitrogens is 1. The molecule has 0 aliphatic heterocycles. The Morgan fingerprint density at radius 2 is 2.16 bits per heavy atom. The van der Waals surface area contributed by atoms with Crippen molar-refractivity contribution in [2.24, 2.45) is 0 Å². The average molecular weight is 259 g/mol. The molecule has 0 fully saturated rings. The summed E-state index contributed by atoms with van der Waals surface area (Å²) in [4.78, 5) is 17.9. The summed E-state index contributed by atoms with van der Waals surface area (Å²) in [7, 11) is 0. The minimum absolute atomic E-state index is 0.292. The molecule has 0 atom stereocenters. The summed E-state index contributed by atoms with van der Waals surface area (Å²) in [6.07, 6.45) is 1.48. The van der Waals surface area contributed by atoms with Crippen LogP contribution in [0.2, 0.25) is 0 Å². The average Bonchev–Trinajstić information content (AvgIpc) is 2.41. The predicted molar refractivity (Wildman–Crippen MR) is 72.4 cm³/mol. The van der Waals surface area contributed by atoms with Crippen molar-refractivity contribution in [2.75, 3.05) is 17.2 Å². The number of hydrogen-bond donors (Lipinski definition) is 1. The van der Waals surface area contributed by atoms with Crippen LogP contribution in [0.4, 0.5) is 15.9 Å². The quantitative estimate of drug-likeness (QED) is 0.921. The zero-order chi connectivity index (χ0) is 13.8. The summed E-state index contributed by atoms with van der Waals surface area (Å²) in [6, 6.07) is 8.93. The van der Waals surface area contributed by atoms with Crippen LogP contribution >= 0.6 is 0 Å². The van der Waals surface area contributed by atoms with E-state index in [1.54, 1.807) is 18.2 Å². The fourth-order valence-electron chi connectivity index (χ4n) is 1.74. The maximum Gasteiger partial charge on any atom is 0.259 e. The standard InChI is InChI=1S/C14H14FN3O/c1-2-18(13-7-6-12(16)9-17-13)14(19)10-4-3-5-11(15)8-10/h3-9H,2,16H2,1H3. The highest BCUT2D eigenvalue weighted by Crippen LogP contribution is 2.16. The number of pyridine rings is 1. The van der Waals surface area contributed by atoms with E-state index in [-0.39, 0.29) is 5.91 Å². The van der Waals surface area contributed by atoms with Crippen LogP contribution in [0.5, 0.6) is 0 Å². The van der Waals surface area contributed by atoms with E-state index in [0.29, 0.717) is 23.6 Å². The number of amides is 1. The topological polar surface area (TPSA) is 59.2 Å². The molecule has 2 N–H and O–H groups in total. The van der Waals surface area contributed by atoms with Crippen LogP contribution in [0.1, 0.15) is 17.3 Å². The van der Waals surface area contributed by atoms with E-state index < -0.39 is 5.82 Å². The van der Waals surface area contributed by atoms with Crippen molar-refractivity contribution in [2.45, 2.75) is 6.92 Å². The highest BCUT2D eigenvalue weighted by Gasteiger charge is 2.17. The zero-order valence-electron chi connectivity index (χ0n) is 10.5. The molecule has 1 aromatic carbocycles. The lowest BCUT2D eigenvalue weighted by Gasteiger charge is -2.20. The van der Waals surface area contributed by atoms with E-state index in [0.717, 1.165) is 0 Å². The van der Waals surface area contributed by atoms with Gasteiger partial charge in [0.2, 0.25) is 0 Å². The molecule has 0 unspecified atom stereocenters. The number of benzene rings is 1. The van der Waals surface area contributed by atoms with Crippen molar-refractivity contribution in [3.8, 4) is 0 Å². The van der Waals surface area contributed by atoms with Crippen LogP contribution in [-0.4, -0.2) is 17.4 Å². The van der Waals surface area contributed by atoms with E-state index >= 15 is 0 Å². The number of nitrogen functional groups attached to an aromatic ring is 1. The van der Waals surface area contributed by atoms with Crippen LogP contribution in [0.15, 0.2) is 42.6 Å². The highest BCUT2D eigenvalue weighted by atomic mass is 19.1. The molecule has 1 aromatic heterocycles. The van der Waals surface area contributed by atoms with Gasteiger partial charge in [-0.05, 0) is 37.3 Å². The van der Waals surface area contributed by atoms with Gasteiger partial charge in [-0.2, -0.15) is 0 Å². The van der Waals surface area contributed by atoms with Crippen LogP contribution in [0, 0.1) is 5.82 Å². The maximum atomic E-state index is 13.1. The van der Waals surface area contributed by atoms with Gasteiger partial charge in [0, 0.05) is 12.1 Å². The number of hydrogen-bond acceptors (Lipinski definition) is 3. The number of rotatable bonds is 3. The Bertz CT molecular complexity index is 583. The van der Waals surface area contributed by atoms with Gasteiger partial charge >= 0.3 is 0 Å². The molecule has 0 saturated heterocycles. The number of anilines is 2. The molecular formula is C14H14FN3O. The molecular weight excluding hydrogens is 245 g/mol. The van der Waals surface area contributed by atoms with E-state index in [9.17, 15) is 9.18 Å². The minimum atomic E-state index is -0.438. The monoisotopic (exact) mass is 259 g/mol. The Hall–Kier alpha value is -2.43. The number of nitrogens with two attached hydrogens (primary N) is 1. The molecule has 0 spiro atoms. The van der Waals surface area contributed by atoms with Crippen molar-refractivity contribution < 1.29 is 9.18 Å². The molecule has 0 saturated carbocycles. The molecule has 0 radical (unpaired) electrons. The molecule has 98 valence electrons. The van der Waals surface area contributed by atoms with Gasteiger partial charge in [0.15, 0.2) is 0 Å². The first-order valence-corrected chi connectivity index (χ1v) is 5.90. The van der Waals surface area contributed by atoms with Gasteiger partial charge in [-0.3, -0.25) is 9.69 Å². The normalized spacial score (nSPS) is 10.2. The molecule has 0 aliphatic rings. The van der Waals surface area contributed by atoms with E-state index in [1.807, 2.05) is 6.92 Å². The van der Waals surface area contributed by atoms with Gasteiger partial charge in [0.25, 0.3) is 5.91 Å². The summed E-state index contributed by atoms with van der Waals surface area (Å²) in [5.74, 6) is -0.239. The van der Waals surface area contributed by atoms with Crippen molar-refractivity contribution in [3.05, 3.63) is 54.0 Å². The number of carbonyl (C=O) groups excluding carboxylic acids is 1. The van der Waals surface area contributed by atoms with Crippen molar-refractivity contribution >= 4 is 17.4 Å². The fraction of sp³-hybridized carbons (Fsp3) is 0.143. The summed E-state index contributed by atoms with van der Waals surface area (Å²) in [5, 5.41) is 0. The van der Waals surface area contributed by atoms with Crippen LogP contribution in [-0.2, 0) is 0 Å². The molecule has 19 heavy (non-hydrogen) atoms. The first kappa shape index (κ1) is 13.0. The van der Waals surface area contributed by atoms with Gasteiger partial charge in [0.1, 0.15) is 11.6 Å². The van der Waals surface area contributed by atoms with Crippen molar-refractivity contribution in [1.29, 1.82) is 0 Å². The molecule has 5 heteroatoms. The first-order chi connectivity index (χ1) is 9.11. The Morgan fingerprint density at radius 3 is 2.74 bits per heavy atom. The molecule has 0 aliphatic carbocycles. The largest absolute Gasteiger partial charge is 0.397 e. The Kier molecular flexibility index (Phi) is 3.75. The fourth-order valence-corrected chi connectivity index (χ4v) is 1.74. The zero-order valence-corrected chi connectivity index (χ0v) is 10.5. The van der Waals surface area contributed by atoms with Gasteiger partial charge in [-0.15, -0.1) is 0 Å². The Morgan fingerprint density at radius 1 is 1.37 bits per heavy atom. The second-order valence-corrected chi connectivity index (χ2v) is 4.01. The van der Waals surface area contributed by atoms with Crippen LogP contribution < -0.4 is 10.6 Å². The van der Waals surface area contributed by atoms with Gasteiger partial charge in [-0.25, -0.2) is 9.37 Å². The second-order valence-electron chi connectivity index (χ2n) is 4.01. The van der Waals surface area contributed by atoms with E-state index in [2.05, 4.69) is 4.98 Å². The minimum Gasteiger partial charge on any atom is -0.397 e. The van der Waals surface area contributed by atoms with Crippen molar-refractivity contribution in [1.82, 2.24) is 4.98 Å². The van der Waals surface area contributed by atoms with Gasteiger partial charge in [-0.1, -0.05) is 6.07 Å². The van der Waals surface area contributed by atoms with E-state index in [1.165, 1.54) is 29.3 Å². The second kappa shape index (κ2) is 5.48. The smallest absolute Gasteiger partial charge is 0.259 e. The molecule has 4 nitrogen and oxygen atoms in total. The first-order valence-electron chi connectivity index (χ1n) is 5.90. The maximum absolute atomic E-state index is 13.1. The third-order valence-electron chi connectivity index (χ3n) is 2.68. The number of nitrogens with zero attached hydrogens (tertiary/aromatic N) is 2. The van der Waals surface area contributed by atoms with E-state index in [4.69, 9.17) is 5.73 Å². The van der Waals surface area contributed by atoms with Gasteiger partial charge < -0.3 is 5.73 Å². The molecule has 0 bridgehead atoms. The molecule has 1 amide bonds. The molecule has 1 heterocycles. The van der Waals surface area contributed by atoms with Crippen LogP contribution in [0.25, 0.3) is 0 Å².